The number of amides is 1. The average molecular weight is 301 g/mol. The molecule has 0 saturated carbocycles. The molecule has 1 aromatic carbocycles. The maximum atomic E-state index is 12.4. The topological polar surface area (TPSA) is 80.0 Å². The zero-order valence-electron chi connectivity index (χ0n) is 12.0. The van der Waals surface area contributed by atoms with Crippen molar-refractivity contribution < 1.29 is 23.8 Å². The van der Waals surface area contributed by atoms with E-state index >= 15 is 0 Å². The Morgan fingerprint density at radius 2 is 2.00 bits per heavy atom. The van der Waals surface area contributed by atoms with Crippen molar-refractivity contribution in [3.8, 4) is 5.75 Å². The highest BCUT2D eigenvalue weighted by atomic mass is 16.5. The molecule has 1 aliphatic heterocycles. The van der Waals surface area contributed by atoms with E-state index in [2.05, 4.69) is 0 Å². The summed E-state index contributed by atoms with van der Waals surface area (Å²) >= 11 is 0. The van der Waals surface area contributed by atoms with Gasteiger partial charge in [0, 0.05) is 18.7 Å². The first-order valence-corrected chi connectivity index (χ1v) is 6.87. The molecule has 0 spiro atoms. The smallest absolute Gasteiger partial charge is 0.371 e. The molecule has 22 heavy (non-hydrogen) atoms. The highest BCUT2D eigenvalue weighted by Gasteiger charge is 2.26. The molecule has 1 aromatic heterocycles. The van der Waals surface area contributed by atoms with Crippen molar-refractivity contribution in [3.05, 3.63) is 53.0 Å². The Balaban J connectivity index is 1.81. The predicted molar refractivity (Wildman–Crippen MR) is 77.1 cm³/mol. The third-order valence-corrected chi connectivity index (χ3v) is 3.76. The Morgan fingerprint density at radius 1 is 1.23 bits per heavy atom. The minimum Gasteiger partial charge on any atom is -0.496 e. The summed E-state index contributed by atoms with van der Waals surface area (Å²) in [5.41, 5.74) is 2.14. The van der Waals surface area contributed by atoms with E-state index in [4.69, 9.17) is 14.3 Å². The van der Waals surface area contributed by atoms with E-state index in [0.717, 1.165) is 16.9 Å². The number of rotatable bonds is 3. The van der Waals surface area contributed by atoms with E-state index in [1.807, 2.05) is 18.2 Å². The summed E-state index contributed by atoms with van der Waals surface area (Å²) < 4.78 is 10.4. The number of benzene rings is 1. The molecule has 2 heterocycles. The second-order valence-electron chi connectivity index (χ2n) is 5.04. The summed E-state index contributed by atoms with van der Waals surface area (Å²) in [7, 11) is 1.63. The van der Waals surface area contributed by atoms with Gasteiger partial charge in [0.1, 0.15) is 5.75 Å². The number of nitrogens with zero attached hydrogens (tertiary/aromatic N) is 1. The molecule has 6 heteroatoms. The summed E-state index contributed by atoms with van der Waals surface area (Å²) in [4.78, 5) is 24.9. The minimum absolute atomic E-state index is 0.0451. The van der Waals surface area contributed by atoms with Crippen LogP contribution in [0.3, 0.4) is 0 Å². The second kappa shape index (κ2) is 5.55. The minimum atomic E-state index is -1.19. The number of furan rings is 1. The molecule has 2 aromatic rings. The molecular weight excluding hydrogens is 286 g/mol. The van der Waals surface area contributed by atoms with Crippen molar-refractivity contribution in [3.63, 3.8) is 0 Å². The van der Waals surface area contributed by atoms with Gasteiger partial charge in [-0.15, -0.1) is 0 Å². The molecule has 0 unspecified atom stereocenters. The molecule has 1 amide bonds. The van der Waals surface area contributed by atoms with Gasteiger partial charge in [0.15, 0.2) is 5.76 Å². The lowest BCUT2D eigenvalue weighted by molar-refractivity contribution is 0.0645. The van der Waals surface area contributed by atoms with E-state index in [1.165, 1.54) is 12.1 Å². The van der Waals surface area contributed by atoms with Crippen molar-refractivity contribution in [2.24, 2.45) is 0 Å². The van der Waals surface area contributed by atoms with Crippen molar-refractivity contribution >= 4 is 11.9 Å². The number of hydrogen-bond acceptors (Lipinski definition) is 4. The molecule has 0 saturated heterocycles. The lowest BCUT2D eigenvalue weighted by Gasteiger charge is -2.29. The fraction of sp³-hybridized carbons (Fsp3) is 0.250. The Morgan fingerprint density at radius 3 is 2.68 bits per heavy atom. The molecule has 0 radical (unpaired) electrons. The largest absolute Gasteiger partial charge is 0.496 e. The van der Waals surface area contributed by atoms with Gasteiger partial charge in [0.05, 0.1) is 7.11 Å². The molecule has 0 bridgehead atoms. The van der Waals surface area contributed by atoms with E-state index in [1.54, 1.807) is 12.0 Å². The third-order valence-electron chi connectivity index (χ3n) is 3.76. The fourth-order valence-corrected chi connectivity index (χ4v) is 2.66. The van der Waals surface area contributed by atoms with Gasteiger partial charge in [-0.05, 0) is 30.2 Å². The summed E-state index contributed by atoms with van der Waals surface area (Å²) in [6.07, 6.45) is 0.692. The van der Waals surface area contributed by atoms with E-state index < -0.39 is 5.97 Å². The zero-order chi connectivity index (χ0) is 15.7. The van der Waals surface area contributed by atoms with Crippen LogP contribution in [0.15, 0.2) is 34.7 Å². The first-order chi connectivity index (χ1) is 10.6. The van der Waals surface area contributed by atoms with Gasteiger partial charge in [0.2, 0.25) is 5.76 Å². The van der Waals surface area contributed by atoms with E-state index in [9.17, 15) is 9.59 Å². The Labute approximate surface area is 126 Å². The van der Waals surface area contributed by atoms with Gasteiger partial charge in [-0.3, -0.25) is 4.79 Å². The van der Waals surface area contributed by atoms with Gasteiger partial charge in [0.25, 0.3) is 5.91 Å². The summed E-state index contributed by atoms with van der Waals surface area (Å²) in [5.74, 6) is -0.851. The number of carboxylic acids is 1. The Hall–Kier alpha value is -2.76. The van der Waals surface area contributed by atoms with Crippen molar-refractivity contribution in [2.75, 3.05) is 13.7 Å². The van der Waals surface area contributed by atoms with Crippen LogP contribution in [0.1, 0.15) is 32.2 Å². The average Bonchev–Trinajstić information content (AvgIpc) is 3.03. The maximum Gasteiger partial charge on any atom is 0.371 e. The van der Waals surface area contributed by atoms with Crippen LogP contribution in [-0.4, -0.2) is 35.5 Å². The summed E-state index contributed by atoms with van der Waals surface area (Å²) in [6, 6.07) is 8.44. The molecule has 1 N–H and O–H groups in total. The first-order valence-electron chi connectivity index (χ1n) is 6.87. The van der Waals surface area contributed by atoms with Crippen molar-refractivity contribution in [1.29, 1.82) is 0 Å². The number of ether oxygens (including phenoxy) is 1. The van der Waals surface area contributed by atoms with Crippen LogP contribution < -0.4 is 4.74 Å². The molecule has 0 aliphatic carbocycles. The Kier molecular flexibility index (Phi) is 3.58. The SMILES string of the molecule is COc1cccc2c1CCN(C(=O)c1ccc(C(=O)O)o1)C2. The van der Waals surface area contributed by atoms with Gasteiger partial charge in [-0.25, -0.2) is 4.79 Å². The number of fused-ring (bicyclic) bond motifs is 1. The van der Waals surface area contributed by atoms with Crippen LogP contribution in [0.4, 0.5) is 0 Å². The molecular formula is C16H15NO5. The van der Waals surface area contributed by atoms with Gasteiger partial charge in [-0.2, -0.15) is 0 Å². The summed E-state index contributed by atoms with van der Waals surface area (Å²) in [6.45, 7) is 0.990. The van der Waals surface area contributed by atoms with Crippen LogP contribution in [0.5, 0.6) is 5.75 Å². The highest BCUT2D eigenvalue weighted by Crippen LogP contribution is 2.28. The number of carbonyl (C=O) groups excluding carboxylic acids is 1. The lowest BCUT2D eigenvalue weighted by atomic mass is 9.98. The Bertz CT molecular complexity index is 734. The summed E-state index contributed by atoms with van der Waals surface area (Å²) in [5, 5.41) is 8.85. The second-order valence-corrected chi connectivity index (χ2v) is 5.04. The normalized spacial score (nSPS) is 13.6. The molecule has 0 atom stereocenters. The zero-order valence-corrected chi connectivity index (χ0v) is 12.0. The number of carboxylic acid groups (broad SMARTS) is 1. The molecule has 1 aliphatic rings. The van der Waals surface area contributed by atoms with E-state index in [-0.39, 0.29) is 17.4 Å². The van der Waals surface area contributed by atoms with Crippen LogP contribution in [0, 0.1) is 0 Å². The molecule has 0 fully saturated rings. The highest BCUT2D eigenvalue weighted by molar-refractivity contribution is 5.93. The van der Waals surface area contributed by atoms with Gasteiger partial charge < -0.3 is 19.2 Å². The lowest BCUT2D eigenvalue weighted by Crippen LogP contribution is -2.35. The van der Waals surface area contributed by atoms with E-state index in [0.29, 0.717) is 19.5 Å². The monoisotopic (exact) mass is 301 g/mol. The molecule has 6 nitrogen and oxygen atoms in total. The quantitative estimate of drug-likeness (QED) is 0.940. The first kappa shape index (κ1) is 14.2. The van der Waals surface area contributed by atoms with Gasteiger partial charge in [-0.1, -0.05) is 12.1 Å². The fourth-order valence-electron chi connectivity index (χ4n) is 2.66. The van der Waals surface area contributed by atoms with Crippen LogP contribution in [0.25, 0.3) is 0 Å². The number of carbonyl (C=O) groups is 2. The van der Waals surface area contributed by atoms with Crippen LogP contribution in [-0.2, 0) is 13.0 Å². The van der Waals surface area contributed by atoms with Crippen molar-refractivity contribution in [1.82, 2.24) is 4.90 Å². The number of hydrogen-bond donors (Lipinski definition) is 1. The van der Waals surface area contributed by atoms with Crippen LogP contribution >= 0.6 is 0 Å². The standard InChI is InChI=1S/C16H15NO5/c1-21-12-4-2-3-10-9-17(8-7-11(10)12)15(18)13-5-6-14(22-13)16(19)20/h2-6H,7-9H2,1H3,(H,19,20). The van der Waals surface area contributed by atoms with Gasteiger partial charge >= 0.3 is 5.97 Å². The number of aromatic carboxylic acids is 1. The molecule has 114 valence electrons. The third kappa shape index (κ3) is 2.43. The molecule has 3 rings (SSSR count). The van der Waals surface area contributed by atoms with Crippen molar-refractivity contribution in [2.45, 2.75) is 13.0 Å². The predicted octanol–water partition coefficient (Wildman–Crippen LogP) is 2.18. The maximum absolute atomic E-state index is 12.4. The number of methoxy groups -OCH3 is 1. The van der Waals surface area contributed by atoms with Crippen LogP contribution in [0.2, 0.25) is 0 Å².